The monoisotopic (exact) mass is 346 g/mol. The number of hydrogen-bond acceptors (Lipinski definition) is 2. The van der Waals surface area contributed by atoms with E-state index in [-0.39, 0.29) is 17.8 Å². The van der Waals surface area contributed by atoms with Crippen LogP contribution in [0.2, 0.25) is 0 Å². The number of aryl methyl sites for hydroxylation is 1. The topological polar surface area (TPSA) is 18.5 Å². The van der Waals surface area contributed by atoms with Gasteiger partial charge in [-0.1, -0.05) is 45.0 Å². The van der Waals surface area contributed by atoms with Crippen molar-refractivity contribution in [1.29, 1.82) is 0 Å². The molecule has 0 unspecified atom stereocenters. The summed E-state index contributed by atoms with van der Waals surface area (Å²) in [5, 5.41) is 0. The first-order valence-electron chi connectivity index (χ1n) is 10.0. The second-order valence-corrected chi connectivity index (χ2v) is 9.32. The lowest BCUT2D eigenvalue weighted by Gasteiger charge is -2.39. The van der Waals surface area contributed by atoms with Crippen molar-refractivity contribution in [3.8, 4) is 0 Å². The van der Waals surface area contributed by atoms with Crippen molar-refractivity contribution < 1.29 is 14.0 Å². The summed E-state index contributed by atoms with van der Waals surface area (Å²) in [7, 11) is 2.38. The third-order valence-electron chi connectivity index (χ3n) is 5.84. The minimum Gasteiger partial charge on any atom is -0.350 e. The van der Waals surface area contributed by atoms with Crippen molar-refractivity contribution in [1.82, 2.24) is 0 Å². The fourth-order valence-electron chi connectivity index (χ4n) is 4.16. The lowest BCUT2D eigenvalue weighted by molar-refractivity contribution is -0.916. The van der Waals surface area contributed by atoms with Crippen molar-refractivity contribution in [2.45, 2.75) is 70.7 Å². The van der Waals surface area contributed by atoms with Gasteiger partial charge in [0.05, 0.1) is 26.7 Å². The van der Waals surface area contributed by atoms with Gasteiger partial charge >= 0.3 is 0 Å². The Hall–Kier alpha value is -0.900. The van der Waals surface area contributed by atoms with Gasteiger partial charge in [-0.25, -0.2) is 0 Å². The van der Waals surface area contributed by atoms with Gasteiger partial charge in [0, 0.05) is 6.42 Å². The minimum atomic E-state index is -0.0244. The summed E-state index contributed by atoms with van der Waals surface area (Å²) in [6, 6.07) is 9.03. The number of likely N-dealkylation sites (N-methyl/N-ethyl adjacent to an activating group) is 1. The Morgan fingerprint density at radius 1 is 1.04 bits per heavy atom. The number of nitrogens with zero attached hydrogens (tertiary/aromatic N) is 1. The second-order valence-electron chi connectivity index (χ2n) is 9.32. The van der Waals surface area contributed by atoms with E-state index in [1.807, 2.05) is 0 Å². The highest BCUT2D eigenvalue weighted by Gasteiger charge is 2.34. The Kier molecular flexibility index (Phi) is 5.87. The molecular formula is C22H36NO2+. The number of piperidine rings is 1. The standard InChI is InChI=1S/C22H36NO2/c1-22(2,3)19-11-8-18(9-12-19)10-13-21-24-17-20(25-21)16-23(4)14-6-5-7-15-23/h8-9,11-12,20-21H,5-7,10,13-17H2,1-4H3/q+1/t20-,21-/m1/s1. The lowest BCUT2D eigenvalue weighted by atomic mass is 9.86. The number of benzene rings is 1. The van der Waals surface area contributed by atoms with Crippen LogP contribution in [0.3, 0.4) is 0 Å². The summed E-state index contributed by atoms with van der Waals surface area (Å²) in [6.45, 7) is 11.2. The Balaban J connectivity index is 1.44. The molecule has 0 aromatic heterocycles. The van der Waals surface area contributed by atoms with Crippen LogP contribution in [0, 0.1) is 0 Å². The molecule has 2 saturated heterocycles. The average Bonchev–Trinajstić information content (AvgIpc) is 3.00. The van der Waals surface area contributed by atoms with Gasteiger partial charge < -0.3 is 14.0 Å². The summed E-state index contributed by atoms with van der Waals surface area (Å²) < 4.78 is 13.3. The van der Waals surface area contributed by atoms with Crippen LogP contribution in [-0.2, 0) is 21.3 Å². The van der Waals surface area contributed by atoms with Gasteiger partial charge in [-0.2, -0.15) is 0 Å². The number of rotatable bonds is 5. The van der Waals surface area contributed by atoms with Gasteiger partial charge in [0.15, 0.2) is 6.29 Å². The number of ether oxygens (including phenoxy) is 2. The molecule has 2 aliphatic rings. The zero-order chi connectivity index (χ0) is 17.9. The molecule has 0 spiro atoms. The maximum absolute atomic E-state index is 6.19. The van der Waals surface area contributed by atoms with E-state index in [9.17, 15) is 0 Å². The van der Waals surface area contributed by atoms with E-state index in [2.05, 4.69) is 52.1 Å². The third kappa shape index (κ3) is 5.29. The molecule has 2 heterocycles. The highest BCUT2D eigenvalue weighted by atomic mass is 16.7. The maximum atomic E-state index is 6.19. The molecule has 25 heavy (non-hydrogen) atoms. The zero-order valence-corrected chi connectivity index (χ0v) is 16.6. The minimum absolute atomic E-state index is 0.0244. The van der Waals surface area contributed by atoms with Gasteiger partial charge in [-0.15, -0.1) is 0 Å². The molecule has 2 aliphatic heterocycles. The fraction of sp³-hybridized carbons (Fsp3) is 0.727. The summed E-state index contributed by atoms with van der Waals surface area (Å²) in [5.41, 5.74) is 2.98. The van der Waals surface area contributed by atoms with Crippen LogP contribution in [0.15, 0.2) is 24.3 Å². The summed E-state index contributed by atoms with van der Waals surface area (Å²) in [5.74, 6) is 0. The summed E-state index contributed by atoms with van der Waals surface area (Å²) in [4.78, 5) is 0. The highest BCUT2D eigenvalue weighted by molar-refractivity contribution is 5.27. The largest absolute Gasteiger partial charge is 0.350 e. The summed E-state index contributed by atoms with van der Waals surface area (Å²) in [6.07, 6.45) is 6.34. The molecule has 3 nitrogen and oxygen atoms in total. The molecule has 2 fully saturated rings. The first kappa shape index (κ1) is 18.9. The molecule has 0 N–H and O–H groups in total. The number of likely N-dealkylation sites (tertiary alicyclic amines) is 1. The summed E-state index contributed by atoms with van der Waals surface area (Å²) >= 11 is 0. The lowest BCUT2D eigenvalue weighted by Crippen LogP contribution is -2.52. The Morgan fingerprint density at radius 3 is 2.36 bits per heavy atom. The Morgan fingerprint density at radius 2 is 1.72 bits per heavy atom. The van der Waals surface area contributed by atoms with Gasteiger partial charge in [0.1, 0.15) is 12.6 Å². The fourth-order valence-corrected chi connectivity index (χ4v) is 4.16. The normalized spacial score (nSPS) is 26.7. The van der Waals surface area contributed by atoms with Crippen molar-refractivity contribution in [3.63, 3.8) is 0 Å². The van der Waals surface area contributed by atoms with Crippen LogP contribution < -0.4 is 0 Å². The van der Waals surface area contributed by atoms with Gasteiger partial charge in [-0.3, -0.25) is 0 Å². The molecule has 0 aliphatic carbocycles. The molecule has 3 rings (SSSR count). The zero-order valence-electron chi connectivity index (χ0n) is 16.6. The van der Waals surface area contributed by atoms with E-state index in [0.717, 1.165) is 30.5 Å². The molecule has 3 heteroatoms. The van der Waals surface area contributed by atoms with Gasteiger partial charge in [-0.05, 0) is 42.2 Å². The van der Waals surface area contributed by atoms with Crippen LogP contribution >= 0.6 is 0 Å². The van der Waals surface area contributed by atoms with E-state index in [1.165, 1.54) is 43.5 Å². The molecule has 140 valence electrons. The van der Waals surface area contributed by atoms with E-state index >= 15 is 0 Å². The quantitative estimate of drug-likeness (QED) is 0.741. The Labute approximate surface area is 153 Å². The number of quaternary nitrogens is 1. The molecular weight excluding hydrogens is 310 g/mol. The first-order chi connectivity index (χ1) is 11.8. The van der Waals surface area contributed by atoms with Crippen LogP contribution in [-0.4, -0.2) is 50.2 Å². The van der Waals surface area contributed by atoms with E-state index in [0.29, 0.717) is 0 Å². The molecule has 2 atom stereocenters. The first-order valence-corrected chi connectivity index (χ1v) is 10.0. The highest BCUT2D eigenvalue weighted by Crippen LogP contribution is 2.25. The van der Waals surface area contributed by atoms with E-state index in [1.54, 1.807) is 0 Å². The smallest absolute Gasteiger partial charge is 0.158 e. The molecule has 1 aromatic carbocycles. The van der Waals surface area contributed by atoms with E-state index < -0.39 is 0 Å². The maximum Gasteiger partial charge on any atom is 0.158 e. The van der Waals surface area contributed by atoms with Crippen molar-refractivity contribution in [3.05, 3.63) is 35.4 Å². The molecule has 0 bridgehead atoms. The molecule has 0 saturated carbocycles. The third-order valence-corrected chi connectivity index (χ3v) is 5.84. The molecule has 0 amide bonds. The predicted molar refractivity (Wildman–Crippen MR) is 103 cm³/mol. The van der Waals surface area contributed by atoms with Crippen molar-refractivity contribution >= 4 is 0 Å². The molecule has 0 radical (unpaired) electrons. The van der Waals surface area contributed by atoms with Gasteiger partial charge in [0.2, 0.25) is 0 Å². The molecule has 1 aromatic rings. The van der Waals surface area contributed by atoms with Gasteiger partial charge in [0.25, 0.3) is 0 Å². The van der Waals surface area contributed by atoms with Crippen molar-refractivity contribution in [2.24, 2.45) is 0 Å². The Bertz CT molecular complexity index is 540. The average molecular weight is 347 g/mol. The SMILES string of the molecule is CC(C)(C)c1ccc(CC[C@@H]2OC[C@@H](C[N+]3(C)CCCCC3)O2)cc1. The van der Waals surface area contributed by atoms with Crippen molar-refractivity contribution in [2.75, 3.05) is 33.3 Å². The predicted octanol–water partition coefficient (Wildman–Crippen LogP) is 4.29. The number of hydrogen-bond donors (Lipinski definition) is 0. The van der Waals surface area contributed by atoms with Crippen LogP contribution in [0.5, 0.6) is 0 Å². The van der Waals surface area contributed by atoms with Crippen LogP contribution in [0.4, 0.5) is 0 Å². The second kappa shape index (κ2) is 7.77. The van der Waals surface area contributed by atoms with Crippen LogP contribution in [0.1, 0.15) is 57.6 Å². The van der Waals surface area contributed by atoms with E-state index in [4.69, 9.17) is 9.47 Å². The van der Waals surface area contributed by atoms with Crippen LogP contribution in [0.25, 0.3) is 0 Å².